The van der Waals surface area contributed by atoms with Crippen molar-refractivity contribution in [1.29, 1.82) is 0 Å². The fraction of sp³-hybridized carbons (Fsp3) is 0.167. The number of fused-ring (bicyclic) bond motifs is 1. The van der Waals surface area contributed by atoms with Gasteiger partial charge in [-0.15, -0.1) is 0 Å². The second-order valence-electron chi connectivity index (χ2n) is 5.15. The van der Waals surface area contributed by atoms with Gasteiger partial charge in [0.1, 0.15) is 5.75 Å². The summed E-state index contributed by atoms with van der Waals surface area (Å²) in [5.74, 6) is 0.346. The van der Waals surface area contributed by atoms with Crippen molar-refractivity contribution in [3.8, 4) is 5.75 Å². The van der Waals surface area contributed by atoms with E-state index < -0.39 is 5.97 Å². The molecule has 1 aliphatic rings. The number of rotatable bonds is 5. The molecule has 106 valence electrons. The third kappa shape index (κ3) is 3.14. The van der Waals surface area contributed by atoms with Gasteiger partial charge in [-0.05, 0) is 41.3 Å². The molecule has 0 saturated heterocycles. The second-order valence-corrected chi connectivity index (χ2v) is 5.15. The first-order chi connectivity index (χ1) is 10.2. The summed E-state index contributed by atoms with van der Waals surface area (Å²) >= 11 is 0. The number of aliphatic carboxylic acids is 1. The molecule has 21 heavy (non-hydrogen) atoms. The van der Waals surface area contributed by atoms with Gasteiger partial charge in [-0.1, -0.05) is 36.4 Å². The zero-order valence-corrected chi connectivity index (χ0v) is 11.5. The highest BCUT2D eigenvalue weighted by atomic mass is 16.5. The molecule has 1 atom stereocenters. The van der Waals surface area contributed by atoms with E-state index in [2.05, 4.69) is 24.3 Å². The Labute approximate surface area is 123 Å². The molecule has 0 fully saturated rings. The van der Waals surface area contributed by atoms with Crippen molar-refractivity contribution in [1.82, 2.24) is 0 Å². The van der Waals surface area contributed by atoms with Crippen LogP contribution in [0.15, 0.2) is 54.6 Å². The fourth-order valence-electron chi connectivity index (χ4n) is 2.55. The molecule has 0 amide bonds. The average molecular weight is 280 g/mol. The molecule has 0 bridgehead atoms. The van der Waals surface area contributed by atoms with Crippen LogP contribution >= 0.6 is 0 Å². The number of carboxylic acid groups (broad SMARTS) is 1. The maximum atomic E-state index is 10.4. The lowest BCUT2D eigenvalue weighted by Gasteiger charge is -2.29. The lowest BCUT2D eigenvalue weighted by atomic mass is 9.78. The van der Waals surface area contributed by atoms with Crippen LogP contribution in [0.1, 0.15) is 22.6 Å². The Morgan fingerprint density at radius 2 is 1.95 bits per heavy atom. The van der Waals surface area contributed by atoms with Gasteiger partial charge < -0.3 is 9.84 Å². The zero-order valence-electron chi connectivity index (χ0n) is 11.5. The largest absolute Gasteiger partial charge is 0.493 e. The van der Waals surface area contributed by atoms with Crippen molar-refractivity contribution in [2.24, 2.45) is 0 Å². The molecule has 1 unspecified atom stereocenters. The third-order valence-corrected chi connectivity index (χ3v) is 3.71. The van der Waals surface area contributed by atoms with Gasteiger partial charge in [0, 0.05) is 12.0 Å². The van der Waals surface area contributed by atoms with Crippen molar-refractivity contribution in [2.45, 2.75) is 12.3 Å². The molecule has 3 rings (SSSR count). The number of benzene rings is 2. The molecule has 0 radical (unpaired) electrons. The Hall–Kier alpha value is -2.55. The molecule has 2 aromatic rings. The average Bonchev–Trinajstić information content (AvgIpc) is 2.47. The van der Waals surface area contributed by atoms with E-state index in [0.717, 1.165) is 23.8 Å². The van der Waals surface area contributed by atoms with Crippen LogP contribution in [-0.2, 0) is 11.2 Å². The van der Waals surface area contributed by atoms with Crippen molar-refractivity contribution in [3.05, 3.63) is 71.3 Å². The van der Waals surface area contributed by atoms with E-state index in [1.807, 2.05) is 24.3 Å². The standard InChI is InChI=1S/C18H16O3/c19-18(20)10-7-13-5-8-16(9-6-13)21-12-15-11-14-3-1-2-4-17(14)15/h1-10,15H,11-12H2,(H,19,20). The predicted octanol–water partition coefficient (Wildman–Crippen LogP) is 3.50. The SMILES string of the molecule is O=C(O)C=Cc1ccc(OCC2Cc3ccccc32)cc1. The van der Waals surface area contributed by atoms with Gasteiger partial charge in [0.15, 0.2) is 0 Å². The number of carbonyl (C=O) groups is 1. The minimum Gasteiger partial charge on any atom is -0.493 e. The normalized spacial score (nSPS) is 16.3. The fourth-order valence-corrected chi connectivity index (χ4v) is 2.55. The third-order valence-electron chi connectivity index (χ3n) is 3.71. The van der Waals surface area contributed by atoms with Crippen LogP contribution in [0.25, 0.3) is 6.08 Å². The van der Waals surface area contributed by atoms with Crippen LogP contribution in [0.4, 0.5) is 0 Å². The molecule has 1 N–H and O–H groups in total. The summed E-state index contributed by atoms with van der Waals surface area (Å²) in [6.07, 6.45) is 3.77. The predicted molar refractivity (Wildman–Crippen MR) is 81.5 cm³/mol. The van der Waals surface area contributed by atoms with Crippen LogP contribution in [0.5, 0.6) is 5.75 Å². The lowest BCUT2D eigenvalue weighted by Crippen LogP contribution is -2.23. The second kappa shape index (κ2) is 5.83. The van der Waals surface area contributed by atoms with Crippen LogP contribution in [-0.4, -0.2) is 17.7 Å². The van der Waals surface area contributed by atoms with Crippen LogP contribution in [0, 0.1) is 0 Å². The molecular formula is C18H16O3. The summed E-state index contributed by atoms with van der Waals surface area (Å²) in [7, 11) is 0. The first-order valence-corrected chi connectivity index (χ1v) is 6.94. The van der Waals surface area contributed by atoms with E-state index in [9.17, 15) is 4.79 Å². The van der Waals surface area contributed by atoms with Crippen LogP contribution in [0.3, 0.4) is 0 Å². The summed E-state index contributed by atoms with van der Waals surface area (Å²) < 4.78 is 5.81. The number of carboxylic acids is 1. The Bertz CT molecular complexity index is 671. The topological polar surface area (TPSA) is 46.5 Å². The van der Waals surface area contributed by atoms with Gasteiger partial charge in [0.2, 0.25) is 0 Å². The van der Waals surface area contributed by atoms with Gasteiger partial charge in [0.25, 0.3) is 0 Å². The summed E-state index contributed by atoms with van der Waals surface area (Å²) in [4.78, 5) is 10.4. The molecule has 3 heteroatoms. The Morgan fingerprint density at radius 3 is 2.67 bits per heavy atom. The number of hydrogen-bond acceptors (Lipinski definition) is 2. The molecule has 3 nitrogen and oxygen atoms in total. The van der Waals surface area contributed by atoms with Crippen molar-refractivity contribution in [2.75, 3.05) is 6.61 Å². The number of ether oxygens (including phenoxy) is 1. The van der Waals surface area contributed by atoms with E-state index in [0.29, 0.717) is 12.5 Å². The van der Waals surface area contributed by atoms with Gasteiger partial charge in [-0.25, -0.2) is 4.79 Å². The van der Waals surface area contributed by atoms with E-state index in [1.54, 1.807) is 6.08 Å². The first-order valence-electron chi connectivity index (χ1n) is 6.94. The molecule has 2 aromatic carbocycles. The highest BCUT2D eigenvalue weighted by Crippen LogP contribution is 2.35. The molecule has 0 aliphatic heterocycles. The highest BCUT2D eigenvalue weighted by molar-refractivity contribution is 5.85. The monoisotopic (exact) mass is 280 g/mol. The Morgan fingerprint density at radius 1 is 1.19 bits per heavy atom. The molecule has 0 heterocycles. The van der Waals surface area contributed by atoms with E-state index >= 15 is 0 Å². The zero-order chi connectivity index (χ0) is 14.7. The molecule has 1 aliphatic carbocycles. The van der Waals surface area contributed by atoms with Gasteiger partial charge in [-0.3, -0.25) is 0 Å². The quantitative estimate of drug-likeness (QED) is 0.853. The maximum absolute atomic E-state index is 10.4. The van der Waals surface area contributed by atoms with Crippen molar-refractivity contribution < 1.29 is 14.6 Å². The minimum absolute atomic E-state index is 0.479. The smallest absolute Gasteiger partial charge is 0.328 e. The highest BCUT2D eigenvalue weighted by Gasteiger charge is 2.25. The van der Waals surface area contributed by atoms with Gasteiger partial charge in [-0.2, -0.15) is 0 Å². The summed E-state index contributed by atoms with van der Waals surface area (Å²) in [5, 5.41) is 8.58. The van der Waals surface area contributed by atoms with E-state index in [-0.39, 0.29) is 0 Å². The lowest BCUT2D eigenvalue weighted by molar-refractivity contribution is -0.131. The van der Waals surface area contributed by atoms with E-state index in [1.165, 1.54) is 11.1 Å². The summed E-state index contributed by atoms with van der Waals surface area (Å²) in [6.45, 7) is 0.682. The molecule has 0 saturated carbocycles. The molecule has 0 spiro atoms. The first kappa shape index (κ1) is 13.4. The molecule has 0 aromatic heterocycles. The van der Waals surface area contributed by atoms with Crippen molar-refractivity contribution >= 4 is 12.0 Å². The molecular weight excluding hydrogens is 264 g/mol. The van der Waals surface area contributed by atoms with Gasteiger partial charge >= 0.3 is 5.97 Å². The summed E-state index contributed by atoms with van der Waals surface area (Å²) in [5.41, 5.74) is 3.65. The minimum atomic E-state index is -0.945. The van der Waals surface area contributed by atoms with Crippen LogP contribution in [0.2, 0.25) is 0 Å². The maximum Gasteiger partial charge on any atom is 0.328 e. The van der Waals surface area contributed by atoms with Crippen molar-refractivity contribution in [3.63, 3.8) is 0 Å². The van der Waals surface area contributed by atoms with Crippen LogP contribution < -0.4 is 4.74 Å². The number of hydrogen-bond donors (Lipinski definition) is 1. The van der Waals surface area contributed by atoms with E-state index in [4.69, 9.17) is 9.84 Å². The van der Waals surface area contributed by atoms with Gasteiger partial charge in [0.05, 0.1) is 6.61 Å². The summed E-state index contributed by atoms with van der Waals surface area (Å²) in [6, 6.07) is 15.9. The Balaban J connectivity index is 1.56. The Kier molecular flexibility index (Phi) is 3.73.